The third kappa shape index (κ3) is 2.72. The zero-order valence-electron chi connectivity index (χ0n) is 11.2. The van der Waals surface area contributed by atoms with E-state index in [2.05, 4.69) is 65.5 Å². The van der Waals surface area contributed by atoms with Gasteiger partial charge in [-0.25, -0.2) is 0 Å². The quantitative estimate of drug-likeness (QED) is 0.631. The molecule has 0 aliphatic rings. The molecule has 1 aromatic carbocycles. The molecule has 1 aromatic rings. The second-order valence-electron chi connectivity index (χ2n) is 6.48. The van der Waals surface area contributed by atoms with Crippen LogP contribution >= 0.6 is 0 Å². The Labute approximate surface area is 95.7 Å². The van der Waals surface area contributed by atoms with Crippen molar-refractivity contribution in [2.75, 3.05) is 0 Å². The highest BCUT2D eigenvalue weighted by Gasteiger charge is 2.23. The molecule has 0 saturated heterocycles. The molecule has 0 spiro atoms. The van der Waals surface area contributed by atoms with Crippen LogP contribution in [0.2, 0.25) is 19.6 Å². The summed E-state index contributed by atoms with van der Waals surface area (Å²) in [6.45, 7) is 16.4. The van der Waals surface area contributed by atoms with E-state index >= 15 is 0 Å². The molecule has 0 radical (unpaired) electrons. The van der Waals surface area contributed by atoms with Crippen molar-refractivity contribution in [1.29, 1.82) is 0 Å². The van der Waals surface area contributed by atoms with Crippen LogP contribution in [0.15, 0.2) is 18.2 Å². The molecule has 0 saturated carbocycles. The average Bonchev–Trinajstić information content (AvgIpc) is 1.99. The smallest absolute Gasteiger partial charge is 0.0656 e. The molecule has 84 valence electrons. The topological polar surface area (TPSA) is 0 Å². The minimum atomic E-state index is -1.19. The van der Waals surface area contributed by atoms with Gasteiger partial charge >= 0.3 is 0 Å². The van der Waals surface area contributed by atoms with Gasteiger partial charge in [0, 0.05) is 0 Å². The highest BCUT2D eigenvalue weighted by atomic mass is 28.3. The lowest BCUT2D eigenvalue weighted by Gasteiger charge is -2.27. The van der Waals surface area contributed by atoms with Crippen LogP contribution in [0.5, 0.6) is 0 Å². The minimum Gasteiger partial charge on any atom is -0.0656 e. The summed E-state index contributed by atoms with van der Waals surface area (Å²) in [6.07, 6.45) is 0. The normalized spacial score (nSPS) is 13.0. The van der Waals surface area contributed by atoms with Gasteiger partial charge in [-0.2, -0.15) is 0 Å². The van der Waals surface area contributed by atoms with Crippen molar-refractivity contribution >= 4 is 13.3 Å². The van der Waals surface area contributed by atoms with Gasteiger partial charge in [-0.1, -0.05) is 63.8 Å². The van der Waals surface area contributed by atoms with Crippen LogP contribution in [0.3, 0.4) is 0 Å². The zero-order chi connectivity index (χ0) is 11.9. The fraction of sp³-hybridized carbons (Fsp3) is 0.571. The van der Waals surface area contributed by atoms with Crippen LogP contribution in [0.25, 0.3) is 0 Å². The van der Waals surface area contributed by atoms with Gasteiger partial charge in [0.15, 0.2) is 0 Å². The summed E-state index contributed by atoms with van der Waals surface area (Å²) in [5, 5.41) is 1.61. The monoisotopic (exact) mass is 220 g/mol. The minimum absolute atomic E-state index is 0.264. The first-order valence-corrected chi connectivity index (χ1v) is 9.24. The summed E-state index contributed by atoms with van der Waals surface area (Å²) in [7, 11) is -1.19. The molecule has 0 unspecified atom stereocenters. The first-order valence-electron chi connectivity index (χ1n) is 5.74. The van der Waals surface area contributed by atoms with Crippen molar-refractivity contribution in [2.45, 2.75) is 52.8 Å². The molecule has 0 aromatic heterocycles. The molecule has 0 amide bonds. The highest BCUT2D eigenvalue weighted by Crippen LogP contribution is 2.25. The van der Waals surface area contributed by atoms with Crippen LogP contribution in [-0.2, 0) is 5.41 Å². The van der Waals surface area contributed by atoms with E-state index in [1.54, 1.807) is 5.19 Å². The number of rotatable bonds is 1. The van der Waals surface area contributed by atoms with E-state index in [1.165, 1.54) is 11.1 Å². The fourth-order valence-electron chi connectivity index (χ4n) is 2.26. The Morgan fingerprint density at radius 3 is 1.93 bits per heavy atom. The SMILES string of the molecule is Cc1c(C(C)(C)C)cccc1[Si](C)(C)C. The molecule has 0 atom stereocenters. The summed E-state index contributed by atoms with van der Waals surface area (Å²) < 4.78 is 0. The molecule has 0 nitrogen and oxygen atoms in total. The molecule has 0 aliphatic heterocycles. The number of benzene rings is 1. The Morgan fingerprint density at radius 2 is 1.53 bits per heavy atom. The maximum absolute atomic E-state index is 2.42. The molecule has 0 fully saturated rings. The second-order valence-corrected chi connectivity index (χ2v) is 11.5. The Hall–Kier alpha value is -0.563. The van der Waals surface area contributed by atoms with Gasteiger partial charge in [0.1, 0.15) is 0 Å². The molecular weight excluding hydrogens is 196 g/mol. The van der Waals surface area contributed by atoms with E-state index in [9.17, 15) is 0 Å². The molecule has 0 heterocycles. The summed E-state index contributed by atoms with van der Waals surface area (Å²) in [4.78, 5) is 0. The Bertz CT molecular complexity index is 318. The van der Waals surface area contributed by atoms with Crippen molar-refractivity contribution in [2.24, 2.45) is 0 Å². The third-order valence-electron chi connectivity index (χ3n) is 2.95. The first-order chi connectivity index (χ1) is 6.64. The van der Waals surface area contributed by atoms with Crippen LogP contribution in [-0.4, -0.2) is 8.07 Å². The van der Waals surface area contributed by atoms with Gasteiger partial charge in [-0.3, -0.25) is 0 Å². The summed E-state index contributed by atoms with van der Waals surface area (Å²) in [6, 6.07) is 6.82. The standard InChI is InChI=1S/C14H24Si/c1-11-12(14(2,3)4)9-8-10-13(11)15(5,6)7/h8-10H,1-7H3. The summed E-state index contributed by atoms with van der Waals surface area (Å²) >= 11 is 0. The molecule has 1 rings (SSSR count). The van der Waals surface area contributed by atoms with Crippen LogP contribution < -0.4 is 5.19 Å². The molecule has 0 aliphatic carbocycles. The molecule has 0 bridgehead atoms. The Kier molecular flexibility index (Phi) is 3.15. The average molecular weight is 220 g/mol. The maximum atomic E-state index is 2.42. The van der Waals surface area contributed by atoms with E-state index in [1.807, 2.05) is 0 Å². The first kappa shape index (κ1) is 12.5. The van der Waals surface area contributed by atoms with E-state index in [0.717, 1.165) is 0 Å². The molecule has 0 N–H and O–H groups in total. The lowest BCUT2D eigenvalue weighted by Crippen LogP contribution is -2.40. The van der Waals surface area contributed by atoms with Crippen LogP contribution in [0.4, 0.5) is 0 Å². The Morgan fingerprint density at radius 1 is 1.00 bits per heavy atom. The predicted molar refractivity (Wildman–Crippen MR) is 72.9 cm³/mol. The number of hydrogen-bond acceptors (Lipinski definition) is 0. The van der Waals surface area contributed by atoms with E-state index in [-0.39, 0.29) is 5.41 Å². The van der Waals surface area contributed by atoms with Gasteiger partial charge < -0.3 is 0 Å². The third-order valence-corrected chi connectivity index (χ3v) is 5.11. The summed E-state index contributed by atoms with van der Waals surface area (Å²) in [5.74, 6) is 0. The Balaban J connectivity index is 3.37. The largest absolute Gasteiger partial charge is 0.0779 e. The molecular formula is C14H24Si. The van der Waals surface area contributed by atoms with Crippen LogP contribution in [0, 0.1) is 6.92 Å². The summed E-state index contributed by atoms with van der Waals surface area (Å²) in [5.41, 5.74) is 3.28. The van der Waals surface area contributed by atoms with Crippen molar-refractivity contribution in [3.8, 4) is 0 Å². The van der Waals surface area contributed by atoms with Gasteiger partial charge in [0.25, 0.3) is 0 Å². The highest BCUT2D eigenvalue weighted by molar-refractivity contribution is 6.89. The molecule has 15 heavy (non-hydrogen) atoms. The molecule has 1 heteroatoms. The van der Waals surface area contributed by atoms with Crippen molar-refractivity contribution in [3.63, 3.8) is 0 Å². The van der Waals surface area contributed by atoms with E-state index < -0.39 is 8.07 Å². The van der Waals surface area contributed by atoms with E-state index in [0.29, 0.717) is 0 Å². The fourth-order valence-corrected chi connectivity index (χ4v) is 4.12. The van der Waals surface area contributed by atoms with Crippen molar-refractivity contribution < 1.29 is 0 Å². The second kappa shape index (κ2) is 3.78. The van der Waals surface area contributed by atoms with Crippen molar-refractivity contribution in [3.05, 3.63) is 29.3 Å². The van der Waals surface area contributed by atoms with Gasteiger partial charge in [-0.05, 0) is 23.5 Å². The lowest BCUT2D eigenvalue weighted by molar-refractivity contribution is 0.587. The van der Waals surface area contributed by atoms with Gasteiger partial charge in [0.05, 0.1) is 8.07 Å². The van der Waals surface area contributed by atoms with Crippen molar-refractivity contribution in [1.82, 2.24) is 0 Å². The zero-order valence-corrected chi connectivity index (χ0v) is 12.2. The predicted octanol–water partition coefficient (Wildman–Crippen LogP) is 3.84. The van der Waals surface area contributed by atoms with Gasteiger partial charge in [-0.15, -0.1) is 0 Å². The number of hydrogen-bond donors (Lipinski definition) is 0. The maximum Gasteiger partial charge on any atom is 0.0779 e. The van der Waals surface area contributed by atoms with Crippen LogP contribution in [0.1, 0.15) is 31.9 Å². The van der Waals surface area contributed by atoms with Gasteiger partial charge in [0.2, 0.25) is 0 Å². The lowest BCUT2D eigenvalue weighted by atomic mass is 9.84. The van der Waals surface area contributed by atoms with E-state index in [4.69, 9.17) is 0 Å².